The number of carbonyl (C=O) groups is 2. The Morgan fingerprint density at radius 3 is 1.52 bits per heavy atom. The van der Waals surface area contributed by atoms with Gasteiger partial charge in [0.15, 0.2) is 11.6 Å². The predicted octanol–water partition coefficient (Wildman–Crippen LogP) is 6.21. The normalized spacial score (nSPS) is 11.2. The number of ether oxygens (including phenoxy) is 2. The van der Waals surface area contributed by atoms with Crippen molar-refractivity contribution in [3.63, 3.8) is 0 Å². The first kappa shape index (κ1) is 25.0. The van der Waals surface area contributed by atoms with Crippen molar-refractivity contribution in [2.24, 2.45) is 11.8 Å². The Bertz CT molecular complexity index is 622. The summed E-state index contributed by atoms with van der Waals surface area (Å²) in [7, 11) is 0. The number of hydrogen-bond acceptors (Lipinski definition) is 5. The number of phenols is 1. The van der Waals surface area contributed by atoms with Crippen LogP contribution in [0, 0.1) is 11.8 Å². The number of unbranched alkanes of at least 4 members (excludes halogenated alkanes) is 2. The van der Waals surface area contributed by atoms with E-state index in [2.05, 4.69) is 13.8 Å². The summed E-state index contributed by atoms with van der Waals surface area (Å²) in [6.07, 6.45) is 4.10. The van der Waals surface area contributed by atoms with E-state index in [1.165, 1.54) is 0 Å². The molecule has 164 valence electrons. The highest BCUT2D eigenvalue weighted by atomic mass is 16.5. The molecule has 1 aromatic carbocycles. The van der Waals surface area contributed by atoms with Gasteiger partial charge in [-0.1, -0.05) is 54.4 Å². The number of ketones is 2. The summed E-state index contributed by atoms with van der Waals surface area (Å²) in [4.78, 5) is 25.8. The van der Waals surface area contributed by atoms with Crippen LogP contribution in [0.25, 0.3) is 0 Å². The molecule has 29 heavy (non-hydrogen) atoms. The van der Waals surface area contributed by atoms with E-state index in [0.717, 1.165) is 25.7 Å². The van der Waals surface area contributed by atoms with E-state index in [0.29, 0.717) is 24.7 Å². The zero-order chi connectivity index (χ0) is 22.0. The molecule has 5 nitrogen and oxygen atoms in total. The van der Waals surface area contributed by atoms with E-state index in [9.17, 15) is 14.7 Å². The van der Waals surface area contributed by atoms with Crippen LogP contribution in [0.4, 0.5) is 0 Å². The van der Waals surface area contributed by atoms with Crippen molar-refractivity contribution >= 4 is 11.6 Å². The van der Waals surface area contributed by atoms with Gasteiger partial charge in [0, 0.05) is 18.9 Å². The lowest BCUT2D eigenvalue weighted by molar-refractivity contribution is 0.0958. The highest BCUT2D eigenvalue weighted by Crippen LogP contribution is 2.41. The minimum absolute atomic E-state index is 0.102. The fourth-order valence-corrected chi connectivity index (χ4v) is 2.99. The van der Waals surface area contributed by atoms with Crippen molar-refractivity contribution in [1.82, 2.24) is 0 Å². The van der Waals surface area contributed by atoms with E-state index in [1.807, 2.05) is 27.7 Å². The van der Waals surface area contributed by atoms with Gasteiger partial charge in [0.1, 0.15) is 28.4 Å². The smallest absolute Gasteiger partial charge is 0.170 e. The largest absolute Gasteiger partial charge is 0.506 e. The van der Waals surface area contributed by atoms with Gasteiger partial charge in [0.05, 0.1) is 13.2 Å². The monoisotopic (exact) mass is 406 g/mol. The topological polar surface area (TPSA) is 72.8 Å². The molecular formula is C24H38O5. The van der Waals surface area contributed by atoms with Crippen molar-refractivity contribution in [1.29, 1.82) is 0 Å². The van der Waals surface area contributed by atoms with E-state index in [4.69, 9.17) is 9.47 Å². The number of phenolic OH excluding ortho intramolecular Hbond substituents is 1. The second kappa shape index (κ2) is 12.5. The molecule has 0 aromatic heterocycles. The van der Waals surface area contributed by atoms with Crippen molar-refractivity contribution < 1.29 is 24.2 Å². The molecule has 1 rings (SSSR count). The molecule has 1 aromatic rings. The molecule has 0 atom stereocenters. The standard InChI is InChI=1S/C24H38O5/c1-7-9-11-28-20-15-21(29-12-10-8-2)23(19(26)14-17(5)6)24(27)22(20)18(25)13-16(3)4/h15-17,27H,7-14H2,1-6H3. The van der Waals surface area contributed by atoms with Crippen molar-refractivity contribution in [3.05, 3.63) is 17.2 Å². The molecule has 0 bridgehead atoms. The molecule has 0 saturated carbocycles. The lowest BCUT2D eigenvalue weighted by atomic mass is 9.93. The van der Waals surface area contributed by atoms with Gasteiger partial charge in [-0.2, -0.15) is 0 Å². The van der Waals surface area contributed by atoms with E-state index >= 15 is 0 Å². The fraction of sp³-hybridized carbons (Fsp3) is 0.667. The van der Waals surface area contributed by atoms with Crippen LogP contribution in [0.15, 0.2) is 6.07 Å². The molecule has 0 aliphatic heterocycles. The Hall–Kier alpha value is -2.04. The number of hydrogen-bond donors (Lipinski definition) is 1. The molecule has 0 saturated heterocycles. The van der Waals surface area contributed by atoms with E-state index in [-0.39, 0.29) is 53.1 Å². The Morgan fingerprint density at radius 1 is 0.828 bits per heavy atom. The van der Waals surface area contributed by atoms with Crippen molar-refractivity contribution in [2.75, 3.05) is 13.2 Å². The zero-order valence-corrected chi connectivity index (χ0v) is 19.0. The molecule has 0 spiro atoms. The van der Waals surface area contributed by atoms with Crippen LogP contribution in [-0.4, -0.2) is 29.9 Å². The van der Waals surface area contributed by atoms with Gasteiger partial charge in [-0.05, 0) is 24.7 Å². The zero-order valence-electron chi connectivity index (χ0n) is 19.0. The Labute approximate surface area is 175 Å². The number of benzene rings is 1. The van der Waals surface area contributed by atoms with Gasteiger partial charge in [-0.3, -0.25) is 9.59 Å². The van der Waals surface area contributed by atoms with Crippen LogP contribution in [0.2, 0.25) is 0 Å². The Balaban J connectivity index is 3.51. The first-order valence-electron chi connectivity index (χ1n) is 10.9. The third kappa shape index (κ3) is 7.71. The summed E-state index contributed by atoms with van der Waals surface area (Å²) in [5, 5.41) is 11.0. The molecule has 0 radical (unpaired) electrons. The van der Waals surface area contributed by atoms with Gasteiger partial charge >= 0.3 is 0 Å². The Kier molecular flexibility index (Phi) is 10.8. The molecule has 0 unspecified atom stereocenters. The second-order valence-corrected chi connectivity index (χ2v) is 8.42. The van der Waals surface area contributed by atoms with Gasteiger partial charge in [-0.15, -0.1) is 0 Å². The number of rotatable bonds is 14. The highest BCUT2D eigenvalue weighted by Gasteiger charge is 2.28. The summed E-state index contributed by atoms with van der Waals surface area (Å²) < 4.78 is 11.7. The minimum atomic E-state index is -0.304. The average Bonchev–Trinajstić information content (AvgIpc) is 2.60. The Morgan fingerprint density at radius 2 is 1.21 bits per heavy atom. The number of carbonyl (C=O) groups excluding carboxylic acids is 2. The number of Topliss-reactive ketones (excluding diaryl/α,β-unsaturated/α-hetero) is 2. The summed E-state index contributed by atoms with van der Waals surface area (Å²) in [5.41, 5.74) is 0.203. The average molecular weight is 407 g/mol. The first-order chi connectivity index (χ1) is 13.7. The molecule has 0 aliphatic rings. The quantitative estimate of drug-likeness (QED) is 0.294. The second-order valence-electron chi connectivity index (χ2n) is 8.42. The van der Waals surface area contributed by atoms with Gasteiger partial charge in [-0.25, -0.2) is 0 Å². The minimum Gasteiger partial charge on any atom is -0.506 e. The van der Waals surface area contributed by atoms with Gasteiger partial charge < -0.3 is 14.6 Å². The van der Waals surface area contributed by atoms with Gasteiger partial charge in [0.2, 0.25) is 0 Å². The van der Waals surface area contributed by atoms with Crippen LogP contribution in [0.5, 0.6) is 17.2 Å². The van der Waals surface area contributed by atoms with Gasteiger partial charge in [0.25, 0.3) is 0 Å². The molecule has 1 N–H and O–H groups in total. The first-order valence-corrected chi connectivity index (χ1v) is 10.9. The third-order valence-electron chi connectivity index (χ3n) is 4.48. The van der Waals surface area contributed by atoms with Crippen LogP contribution < -0.4 is 9.47 Å². The summed E-state index contributed by atoms with van der Waals surface area (Å²) >= 11 is 0. The maximum atomic E-state index is 12.9. The van der Waals surface area contributed by atoms with E-state index in [1.54, 1.807) is 6.07 Å². The molecule has 0 amide bonds. The summed E-state index contributed by atoms with van der Waals surface area (Å²) in [6.45, 7) is 12.8. The maximum Gasteiger partial charge on any atom is 0.170 e. The summed E-state index contributed by atoms with van der Waals surface area (Å²) in [6, 6.07) is 1.62. The molecule has 0 heterocycles. The van der Waals surface area contributed by atoms with Crippen LogP contribution in [0.1, 0.15) is 101 Å². The van der Waals surface area contributed by atoms with Crippen LogP contribution in [-0.2, 0) is 0 Å². The predicted molar refractivity (Wildman–Crippen MR) is 116 cm³/mol. The molecule has 0 aliphatic carbocycles. The van der Waals surface area contributed by atoms with Crippen LogP contribution >= 0.6 is 0 Å². The van der Waals surface area contributed by atoms with Crippen LogP contribution in [0.3, 0.4) is 0 Å². The van der Waals surface area contributed by atoms with Crippen molar-refractivity contribution in [2.45, 2.75) is 80.1 Å². The molecule has 0 fully saturated rings. The van der Waals surface area contributed by atoms with E-state index < -0.39 is 0 Å². The lowest BCUT2D eigenvalue weighted by Crippen LogP contribution is -2.14. The van der Waals surface area contributed by atoms with Crippen molar-refractivity contribution in [3.8, 4) is 17.2 Å². The fourth-order valence-electron chi connectivity index (χ4n) is 2.99. The molecular weight excluding hydrogens is 368 g/mol. The summed E-state index contributed by atoms with van der Waals surface area (Å²) in [5.74, 6) is 0.108. The molecule has 5 heteroatoms. The SMILES string of the molecule is CCCCOc1cc(OCCCC)c(C(=O)CC(C)C)c(O)c1C(=O)CC(C)C. The highest BCUT2D eigenvalue weighted by molar-refractivity contribution is 6.09. The lowest BCUT2D eigenvalue weighted by Gasteiger charge is -2.19. The maximum absolute atomic E-state index is 12.9. The third-order valence-corrected chi connectivity index (χ3v) is 4.48. The number of aromatic hydroxyl groups is 1.